The highest BCUT2D eigenvalue weighted by molar-refractivity contribution is 7.92. The molecular formula is C24H25ClN2O4S. The van der Waals surface area contributed by atoms with E-state index >= 15 is 0 Å². The van der Waals surface area contributed by atoms with E-state index in [1.165, 1.54) is 24.3 Å². The SMILES string of the molecule is Cc1ccc(O[C@H](C)C(=O)Nc2ccc(S(=O)(=O)Nc3cccc(Cl)c3C)cc2)c(C)c1. The van der Waals surface area contributed by atoms with Gasteiger partial charge < -0.3 is 10.1 Å². The average Bonchev–Trinajstić information content (AvgIpc) is 2.73. The van der Waals surface area contributed by atoms with Crippen molar-refractivity contribution in [1.29, 1.82) is 0 Å². The van der Waals surface area contributed by atoms with E-state index in [-0.39, 0.29) is 10.8 Å². The van der Waals surface area contributed by atoms with Crippen LogP contribution in [-0.4, -0.2) is 20.4 Å². The highest BCUT2D eigenvalue weighted by atomic mass is 35.5. The molecule has 8 heteroatoms. The molecule has 0 heterocycles. The largest absolute Gasteiger partial charge is 0.481 e. The highest BCUT2D eigenvalue weighted by Crippen LogP contribution is 2.26. The molecule has 3 aromatic carbocycles. The number of carbonyl (C=O) groups is 1. The Bertz CT molecular complexity index is 1240. The molecule has 0 spiro atoms. The van der Waals surface area contributed by atoms with Crippen LogP contribution in [0, 0.1) is 20.8 Å². The van der Waals surface area contributed by atoms with Crippen LogP contribution in [0.1, 0.15) is 23.6 Å². The second kappa shape index (κ2) is 9.63. The van der Waals surface area contributed by atoms with Gasteiger partial charge in [-0.15, -0.1) is 0 Å². The summed E-state index contributed by atoms with van der Waals surface area (Å²) in [5.41, 5.74) is 3.57. The van der Waals surface area contributed by atoms with E-state index in [1.54, 1.807) is 32.0 Å². The van der Waals surface area contributed by atoms with Gasteiger partial charge in [0.05, 0.1) is 10.6 Å². The van der Waals surface area contributed by atoms with Gasteiger partial charge in [-0.25, -0.2) is 8.42 Å². The van der Waals surface area contributed by atoms with Crippen molar-refractivity contribution in [3.8, 4) is 5.75 Å². The Kier molecular flexibility index (Phi) is 7.11. The number of hydrogen-bond acceptors (Lipinski definition) is 4. The van der Waals surface area contributed by atoms with Crippen LogP contribution in [0.25, 0.3) is 0 Å². The van der Waals surface area contributed by atoms with Crippen LogP contribution in [0.2, 0.25) is 5.02 Å². The molecule has 0 aromatic heterocycles. The smallest absolute Gasteiger partial charge is 0.265 e. The van der Waals surface area contributed by atoms with Gasteiger partial charge >= 0.3 is 0 Å². The number of aryl methyl sites for hydroxylation is 2. The fourth-order valence-corrected chi connectivity index (χ4v) is 4.36. The van der Waals surface area contributed by atoms with Crippen LogP contribution >= 0.6 is 11.6 Å². The van der Waals surface area contributed by atoms with Crippen LogP contribution in [0.15, 0.2) is 65.6 Å². The maximum absolute atomic E-state index is 12.7. The van der Waals surface area contributed by atoms with Crippen LogP contribution < -0.4 is 14.8 Å². The summed E-state index contributed by atoms with van der Waals surface area (Å²) in [6.07, 6.45) is -0.729. The van der Waals surface area contributed by atoms with Crippen molar-refractivity contribution < 1.29 is 17.9 Å². The summed E-state index contributed by atoms with van der Waals surface area (Å²) in [5.74, 6) is 0.301. The average molecular weight is 473 g/mol. The summed E-state index contributed by atoms with van der Waals surface area (Å²) in [6, 6.07) is 16.7. The van der Waals surface area contributed by atoms with Crippen molar-refractivity contribution in [2.45, 2.75) is 38.7 Å². The lowest BCUT2D eigenvalue weighted by atomic mass is 10.1. The summed E-state index contributed by atoms with van der Waals surface area (Å²) in [7, 11) is -3.81. The number of anilines is 2. The number of amides is 1. The fourth-order valence-electron chi connectivity index (χ4n) is 3.06. The molecule has 0 saturated heterocycles. The van der Waals surface area contributed by atoms with Gasteiger partial charge in [0.25, 0.3) is 15.9 Å². The lowest BCUT2D eigenvalue weighted by Gasteiger charge is -2.17. The Labute approximate surface area is 193 Å². The van der Waals surface area contributed by atoms with Crippen molar-refractivity contribution in [1.82, 2.24) is 0 Å². The quantitative estimate of drug-likeness (QED) is 0.477. The predicted molar refractivity (Wildman–Crippen MR) is 128 cm³/mol. The van der Waals surface area contributed by atoms with Crippen LogP contribution in [0.5, 0.6) is 5.75 Å². The van der Waals surface area contributed by atoms with Gasteiger partial charge in [0.1, 0.15) is 5.75 Å². The zero-order chi connectivity index (χ0) is 23.5. The second-order valence-electron chi connectivity index (χ2n) is 7.56. The monoisotopic (exact) mass is 472 g/mol. The fraction of sp³-hybridized carbons (Fsp3) is 0.208. The Morgan fingerprint density at radius 2 is 1.69 bits per heavy atom. The van der Waals surface area contributed by atoms with E-state index in [9.17, 15) is 13.2 Å². The number of ether oxygens (including phenoxy) is 1. The molecule has 0 aliphatic rings. The summed E-state index contributed by atoms with van der Waals surface area (Å²) >= 11 is 6.06. The third-order valence-electron chi connectivity index (χ3n) is 4.95. The molecule has 0 aliphatic heterocycles. The molecule has 0 radical (unpaired) electrons. The van der Waals surface area contributed by atoms with Crippen molar-refractivity contribution >= 4 is 38.9 Å². The number of nitrogens with one attached hydrogen (secondary N) is 2. The molecule has 32 heavy (non-hydrogen) atoms. The molecule has 0 fully saturated rings. The Morgan fingerprint density at radius 1 is 1.00 bits per heavy atom. The van der Waals surface area contributed by atoms with E-state index in [0.717, 1.165) is 11.1 Å². The van der Waals surface area contributed by atoms with Gasteiger partial charge in [-0.3, -0.25) is 9.52 Å². The molecule has 0 unspecified atom stereocenters. The lowest BCUT2D eigenvalue weighted by molar-refractivity contribution is -0.122. The van der Waals surface area contributed by atoms with E-state index < -0.39 is 16.1 Å². The Morgan fingerprint density at radius 3 is 2.34 bits per heavy atom. The number of sulfonamides is 1. The van der Waals surface area contributed by atoms with Crippen molar-refractivity contribution in [3.63, 3.8) is 0 Å². The van der Waals surface area contributed by atoms with Crippen LogP contribution in [0.3, 0.4) is 0 Å². The Balaban J connectivity index is 1.67. The highest BCUT2D eigenvalue weighted by Gasteiger charge is 2.18. The molecule has 0 bridgehead atoms. The van der Waals surface area contributed by atoms with E-state index in [0.29, 0.717) is 27.7 Å². The van der Waals surface area contributed by atoms with E-state index in [2.05, 4.69) is 10.0 Å². The van der Waals surface area contributed by atoms with Crippen molar-refractivity contribution in [2.75, 3.05) is 10.0 Å². The molecule has 168 valence electrons. The van der Waals surface area contributed by atoms with E-state index in [1.807, 2.05) is 32.0 Å². The number of hydrogen-bond donors (Lipinski definition) is 2. The van der Waals surface area contributed by atoms with Gasteiger partial charge in [-0.1, -0.05) is 35.4 Å². The van der Waals surface area contributed by atoms with Gasteiger partial charge in [0.15, 0.2) is 6.10 Å². The summed E-state index contributed by atoms with van der Waals surface area (Å²) < 4.78 is 33.7. The molecule has 1 atom stereocenters. The molecule has 2 N–H and O–H groups in total. The first-order valence-electron chi connectivity index (χ1n) is 9.99. The van der Waals surface area contributed by atoms with Gasteiger partial charge in [-0.05, 0) is 81.3 Å². The molecule has 1 amide bonds. The van der Waals surface area contributed by atoms with Gasteiger partial charge in [0, 0.05) is 10.7 Å². The molecule has 3 rings (SSSR count). The third-order valence-corrected chi connectivity index (χ3v) is 6.74. The summed E-state index contributed by atoms with van der Waals surface area (Å²) in [5, 5.41) is 3.21. The van der Waals surface area contributed by atoms with E-state index in [4.69, 9.17) is 16.3 Å². The molecule has 3 aromatic rings. The zero-order valence-electron chi connectivity index (χ0n) is 18.3. The first-order valence-corrected chi connectivity index (χ1v) is 11.9. The van der Waals surface area contributed by atoms with Crippen LogP contribution in [0.4, 0.5) is 11.4 Å². The summed E-state index contributed by atoms with van der Waals surface area (Å²) in [4.78, 5) is 12.6. The first kappa shape index (κ1) is 23.6. The number of rotatable bonds is 7. The number of halogens is 1. The maximum Gasteiger partial charge on any atom is 0.265 e. The van der Waals surface area contributed by atoms with Crippen molar-refractivity contribution in [2.24, 2.45) is 0 Å². The molecule has 6 nitrogen and oxygen atoms in total. The van der Waals surface area contributed by atoms with Crippen LogP contribution in [-0.2, 0) is 14.8 Å². The third kappa shape index (κ3) is 5.60. The minimum absolute atomic E-state index is 0.0643. The minimum Gasteiger partial charge on any atom is -0.481 e. The second-order valence-corrected chi connectivity index (χ2v) is 9.65. The normalized spacial score (nSPS) is 12.2. The first-order chi connectivity index (χ1) is 15.1. The number of benzene rings is 3. The standard InChI is InChI=1S/C24H25ClN2O4S/c1-15-8-13-23(16(2)14-15)31-18(4)24(28)26-19-9-11-20(12-10-19)32(29,30)27-22-7-5-6-21(25)17(22)3/h5-14,18,27H,1-4H3,(H,26,28)/t18-/m1/s1. The number of carbonyl (C=O) groups excluding carboxylic acids is 1. The molecule has 0 saturated carbocycles. The van der Waals surface area contributed by atoms with Crippen molar-refractivity contribution in [3.05, 3.63) is 82.4 Å². The summed E-state index contributed by atoms with van der Waals surface area (Å²) in [6.45, 7) is 7.30. The maximum atomic E-state index is 12.7. The predicted octanol–water partition coefficient (Wildman–Crippen LogP) is 5.47. The molecule has 0 aliphatic carbocycles. The Hall–Kier alpha value is -3.03. The van der Waals surface area contributed by atoms with Gasteiger partial charge in [0.2, 0.25) is 0 Å². The lowest BCUT2D eigenvalue weighted by Crippen LogP contribution is -2.30. The van der Waals surface area contributed by atoms with Gasteiger partial charge in [-0.2, -0.15) is 0 Å². The molecular weight excluding hydrogens is 448 g/mol. The topological polar surface area (TPSA) is 84.5 Å². The minimum atomic E-state index is -3.81. The zero-order valence-corrected chi connectivity index (χ0v) is 19.8.